The fraction of sp³-hybridized carbons (Fsp3) is 0.304. The molecule has 7 nitrogen and oxygen atoms in total. The van der Waals surface area contributed by atoms with Crippen LogP contribution < -0.4 is 10.6 Å². The zero-order chi connectivity index (χ0) is 22.5. The molecule has 3 amide bonds. The van der Waals surface area contributed by atoms with Gasteiger partial charge in [-0.05, 0) is 56.1 Å². The summed E-state index contributed by atoms with van der Waals surface area (Å²) < 4.78 is 15.1. The highest BCUT2D eigenvalue weighted by Gasteiger charge is 2.16. The van der Waals surface area contributed by atoms with Gasteiger partial charge >= 0.3 is 6.03 Å². The van der Waals surface area contributed by atoms with Crippen molar-refractivity contribution in [1.29, 1.82) is 0 Å². The summed E-state index contributed by atoms with van der Waals surface area (Å²) in [7, 11) is 7.28. The molecule has 0 aliphatic heterocycles. The van der Waals surface area contributed by atoms with Crippen molar-refractivity contribution in [1.82, 2.24) is 19.7 Å². The number of likely N-dealkylation sites (N-methyl/N-ethyl adjacent to an activating group) is 2. The van der Waals surface area contributed by atoms with Crippen molar-refractivity contribution in [2.45, 2.75) is 12.6 Å². The van der Waals surface area contributed by atoms with Crippen LogP contribution in [0.15, 0.2) is 54.7 Å². The summed E-state index contributed by atoms with van der Waals surface area (Å²) in [4.78, 5) is 27.9. The van der Waals surface area contributed by atoms with E-state index >= 15 is 0 Å². The molecular formula is C23H28FN5O2. The molecule has 1 unspecified atom stereocenters. The van der Waals surface area contributed by atoms with Gasteiger partial charge in [0.2, 0.25) is 5.91 Å². The highest BCUT2D eigenvalue weighted by molar-refractivity contribution is 5.93. The highest BCUT2D eigenvalue weighted by atomic mass is 19.1. The average molecular weight is 426 g/mol. The minimum absolute atomic E-state index is 0.00989. The lowest BCUT2D eigenvalue weighted by Crippen LogP contribution is -2.36. The highest BCUT2D eigenvalue weighted by Crippen LogP contribution is 2.21. The average Bonchev–Trinajstić information content (AvgIpc) is 3.11. The van der Waals surface area contributed by atoms with E-state index in [0.29, 0.717) is 12.2 Å². The topological polar surface area (TPSA) is 69.6 Å². The number of amides is 3. The van der Waals surface area contributed by atoms with Crippen molar-refractivity contribution in [2.24, 2.45) is 0 Å². The van der Waals surface area contributed by atoms with Crippen LogP contribution in [0.3, 0.4) is 0 Å². The number of hydrogen-bond donors (Lipinski definition) is 2. The molecule has 0 bridgehead atoms. The van der Waals surface area contributed by atoms with Crippen molar-refractivity contribution in [3.05, 3.63) is 66.1 Å². The van der Waals surface area contributed by atoms with Crippen LogP contribution in [-0.4, -0.2) is 61.0 Å². The number of carbonyl (C=O) groups is 2. The standard InChI is InChI=1S/C23H28FN5O2/c1-27(2)21(16-5-7-18(24)8-6-16)14-25-23(31)26-19-9-10-20-17(13-19)11-12-29(20)15-22(30)28(3)4/h5-13,21H,14-15H2,1-4H3,(H2,25,26,31). The van der Waals surface area contributed by atoms with Gasteiger partial charge in [-0.3, -0.25) is 4.79 Å². The Labute approximate surface area is 181 Å². The summed E-state index contributed by atoms with van der Waals surface area (Å²) in [5.74, 6) is -0.280. The van der Waals surface area contributed by atoms with Crippen molar-refractivity contribution in [2.75, 3.05) is 40.1 Å². The number of anilines is 1. The molecule has 1 aromatic heterocycles. The molecule has 0 radical (unpaired) electrons. The van der Waals surface area contributed by atoms with E-state index in [-0.39, 0.29) is 30.3 Å². The zero-order valence-electron chi connectivity index (χ0n) is 18.2. The van der Waals surface area contributed by atoms with E-state index in [1.807, 2.05) is 54.0 Å². The Hall–Kier alpha value is -3.39. The number of rotatable bonds is 7. The molecule has 2 N–H and O–H groups in total. The van der Waals surface area contributed by atoms with Gasteiger partial charge in [0.15, 0.2) is 0 Å². The number of nitrogens with zero attached hydrogens (tertiary/aromatic N) is 3. The molecule has 3 aromatic rings. The minimum Gasteiger partial charge on any atom is -0.347 e. The van der Waals surface area contributed by atoms with E-state index in [1.165, 1.54) is 12.1 Å². The van der Waals surface area contributed by atoms with Gasteiger partial charge in [-0.15, -0.1) is 0 Å². The van der Waals surface area contributed by atoms with E-state index in [2.05, 4.69) is 10.6 Å². The van der Waals surface area contributed by atoms with E-state index in [0.717, 1.165) is 16.5 Å². The summed E-state index contributed by atoms with van der Waals surface area (Å²) in [6.07, 6.45) is 1.86. The first-order valence-corrected chi connectivity index (χ1v) is 10.0. The summed E-state index contributed by atoms with van der Waals surface area (Å²) >= 11 is 0. The minimum atomic E-state index is -0.324. The van der Waals surface area contributed by atoms with Gasteiger partial charge < -0.3 is 25.0 Å². The van der Waals surface area contributed by atoms with Crippen LogP contribution in [0.25, 0.3) is 10.9 Å². The van der Waals surface area contributed by atoms with E-state index in [9.17, 15) is 14.0 Å². The molecule has 164 valence electrons. The number of urea groups is 1. The van der Waals surface area contributed by atoms with Gasteiger partial charge in [-0.2, -0.15) is 0 Å². The normalized spacial score (nSPS) is 12.1. The molecular weight excluding hydrogens is 397 g/mol. The predicted octanol–water partition coefficient (Wildman–Crippen LogP) is 3.29. The SMILES string of the molecule is CN(C)C(=O)Cn1ccc2cc(NC(=O)NCC(c3ccc(F)cc3)N(C)C)ccc21. The lowest BCUT2D eigenvalue weighted by Gasteiger charge is -2.25. The third kappa shape index (κ3) is 5.61. The van der Waals surface area contributed by atoms with Gasteiger partial charge in [-0.1, -0.05) is 12.1 Å². The summed E-state index contributed by atoms with van der Waals surface area (Å²) in [6, 6.07) is 13.3. The molecule has 2 aromatic carbocycles. The maximum atomic E-state index is 13.2. The van der Waals surface area contributed by atoms with Crippen molar-refractivity contribution in [3.63, 3.8) is 0 Å². The monoisotopic (exact) mass is 425 g/mol. The first-order valence-electron chi connectivity index (χ1n) is 10.0. The molecule has 8 heteroatoms. The predicted molar refractivity (Wildman–Crippen MR) is 120 cm³/mol. The van der Waals surface area contributed by atoms with Gasteiger partial charge in [0.05, 0.1) is 6.04 Å². The van der Waals surface area contributed by atoms with Gasteiger partial charge in [0.1, 0.15) is 12.4 Å². The van der Waals surface area contributed by atoms with Crippen LogP contribution in [-0.2, 0) is 11.3 Å². The molecule has 0 spiro atoms. The first-order chi connectivity index (χ1) is 14.7. The van der Waals surface area contributed by atoms with Gasteiger partial charge in [0.25, 0.3) is 0 Å². The Morgan fingerprint density at radius 1 is 1.03 bits per heavy atom. The zero-order valence-corrected chi connectivity index (χ0v) is 18.2. The molecule has 1 atom stereocenters. The van der Waals surface area contributed by atoms with Crippen LogP contribution in [0.2, 0.25) is 0 Å². The molecule has 0 saturated heterocycles. The van der Waals surface area contributed by atoms with Crippen LogP contribution in [0, 0.1) is 5.82 Å². The van der Waals surface area contributed by atoms with Crippen LogP contribution in [0.5, 0.6) is 0 Å². The first kappa shape index (κ1) is 22.3. The van der Waals surface area contributed by atoms with Gasteiger partial charge in [-0.25, -0.2) is 9.18 Å². The van der Waals surface area contributed by atoms with E-state index < -0.39 is 0 Å². The number of benzene rings is 2. The summed E-state index contributed by atoms with van der Waals surface area (Å²) in [5, 5.41) is 6.65. The Bertz CT molecular complexity index is 1060. The quantitative estimate of drug-likeness (QED) is 0.610. The van der Waals surface area contributed by atoms with Crippen LogP contribution >= 0.6 is 0 Å². The maximum absolute atomic E-state index is 13.2. The molecule has 0 aliphatic rings. The fourth-order valence-corrected chi connectivity index (χ4v) is 3.35. The molecule has 31 heavy (non-hydrogen) atoms. The Morgan fingerprint density at radius 2 is 1.74 bits per heavy atom. The van der Waals surface area contributed by atoms with Crippen LogP contribution in [0.1, 0.15) is 11.6 Å². The largest absolute Gasteiger partial charge is 0.347 e. The lowest BCUT2D eigenvalue weighted by molar-refractivity contribution is -0.129. The number of aromatic nitrogens is 1. The number of nitrogens with one attached hydrogen (secondary N) is 2. The Kier molecular flexibility index (Phi) is 6.91. The van der Waals surface area contributed by atoms with Crippen LogP contribution in [0.4, 0.5) is 14.9 Å². The fourth-order valence-electron chi connectivity index (χ4n) is 3.35. The second-order valence-electron chi connectivity index (χ2n) is 7.87. The number of hydrogen-bond acceptors (Lipinski definition) is 3. The van der Waals surface area contributed by atoms with Crippen molar-refractivity contribution >= 4 is 28.5 Å². The number of fused-ring (bicyclic) bond motifs is 1. The van der Waals surface area contributed by atoms with E-state index in [4.69, 9.17) is 0 Å². The number of carbonyl (C=O) groups excluding carboxylic acids is 2. The molecule has 0 aliphatic carbocycles. The Balaban J connectivity index is 1.63. The third-order valence-corrected chi connectivity index (χ3v) is 5.17. The molecule has 0 fully saturated rings. The molecule has 3 rings (SSSR count). The third-order valence-electron chi connectivity index (χ3n) is 5.17. The second kappa shape index (κ2) is 9.61. The Morgan fingerprint density at radius 3 is 2.39 bits per heavy atom. The smallest absolute Gasteiger partial charge is 0.319 e. The number of halogens is 1. The lowest BCUT2D eigenvalue weighted by atomic mass is 10.1. The molecule has 0 saturated carbocycles. The van der Waals surface area contributed by atoms with E-state index in [1.54, 1.807) is 31.1 Å². The van der Waals surface area contributed by atoms with Crippen molar-refractivity contribution < 1.29 is 14.0 Å². The summed E-state index contributed by atoms with van der Waals surface area (Å²) in [5.41, 5.74) is 2.50. The van der Waals surface area contributed by atoms with Gasteiger partial charge in [0, 0.05) is 43.4 Å². The second-order valence-corrected chi connectivity index (χ2v) is 7.87. The summed E-state index contributed by atoms with van der Waals surface area (Å²) in [6.45, 7) is 0.634. The molecule has 1 heterocycles. The van der Waals surface area contributed by atoms with Crippen molar-refractivity contribution in [3.8, 4) is 0 Å². The maximum Gasteiger partial charge on any atom is 0.319 e.